The first-order valence-corrected chi connectivity index (χ1v) is 10.4. The van der Waals surface area contributed by atoms with Crippen LogP contribution in [0.15, 0.2) is 42.6 Å². The van der Waals surface area contributed by atoms with Crippen LogP contribution in [-0.4, -0.2) is 47.8 Å². The van der Waals surface area contributed by atoms with E-state index in [1.54, 1.807) is 19.2 Å². The number of aryl methyl sites for hydroxylation is 1. The third kappa shape index (κ3) is 3.07. The second-order valence-electron chi connectivity index (χ2n) is 8.40. The number of carbonyl (C=O) groups is 1. The summed E-state index contributed by atoms with van der Waals surface area (Å²) in [5.74, 6) is 0.921. The minimum absolute atomic E-state index is 0.195. The van der Waals surface area contributed by atoms with E-state index in [2.05, 4.69) is 28.9 Å². The molecule has 6 heteroatoms. The summed E-state index contributed by atoms with van der Waals surface area (Å²) in [6.45, 7) is 5.36. The molecule has 3 unspecified atom stereocenters. The van der Waals surface area contributed by atoms with Crippen molar-refractivity contribution in [3.8, 4) is 5.75 Å². The molecule has 0 saturated carbocycles. The van der Waals surface area contributed by atoms with Gasteiger partial charge in [-0.05, 0) is 42.3 Å². The van der Waals surface area contributed by atoms with Gasteiger partial charge in [-0.2, -0.15) is 0 Å². The second kappa shape index (κ2) is 7.45. The van der Waals surface area contributed by atoms with Gasteiger partial charge >= 0.3 is 5.97 Å². The monoisotopic (exact) mass is 406 g/mol. The number of nitrogens with zero attached hydrogens (tertiary/aromatic N) is 1. The van der Waals surface area contributed by atoms with Gasteiger partial charge in [0.15, 0.2) is 0 Å². The maximum absolute atomic E-state index is 11.3. The Morgan fingerprint density at radius 3 is 2.80 bits per heavy atom. The van der Waals surface area contributed by atoms with Crippen LogP contribution in [0.5, 0.6) is 5.75 Å². The van der Waals surface area contributed by atoms with Gasteiger partial charge in [0.2, 0.25) is 0 Å². The van der Waals surface area contributed by atoms with Gasteiger partial charge in [-0.1, -0.05) is 12.1 Å². The highest BCUT2D eigenvalue weighted by molar-refractivity contribution is 5.88. The van der Waals surface area contributed by atoms with Crippen LogP contribution in [0, 0.1) is 18.8 Å². The zero-order chi connectivity index (χ0) is 20.8. The highest BCUT2D eigenvalue weighted by Gasteiger charge is 2.45. The zero-order valence-electron chi connectivity index (χ0n) is 17.2. The van der Waals surface area contributed by atoms with Crippen LogP contribution >= 0.6 is 0 Å². The Morgan fingerprint density at radius 2 is 2.07 bits per heavy atom. The number of ether oxygens (including phenoxy) is 2. The van der Waals surface area contributed by atoms with E-state index in [-0.39, 0.29) is 6.04 Å². The lowest BCUT2D eigenvalue weighted by molar-refractivity contribution is 0.0696. The number of carboxylic acids is 1. The topological polar surface area (TPSA) is 74.8 Å². The van der Waals surface area contributed by atoms with E-state index in [1.165, 1.54) is 16.5 Å². The molecule has 0 radical (unpaired) electrons. The van der Waals surface area contributed by atoms with Crippen LogP contribution < -0.4 is 4.74 Å². The molecule has 3 atom stereocenters. The van der Waals surface area contributed by atoms with Crippen LogP contribution in [0.25, 0.3) is 10.9 Å². The van der Waals surface area contributed by atoms with E-state index in [1.807, 2.05) is 18.3 Å². The Morgan fingerprint density at radius 1 is 1.27 bits per heavy atom. The SMILES string of the molecule is COc1cc(C)c2[nH]ccc2c1CN1CC2COCC2C1c1ccc(C(=O)O)cc1. The second-order valence-corrected chi connectivity index (χ2v) is 8.40. The molecule has 2 aromatic carbocycles. The first-order chi connectivity index (χ1) is 14.6. The van der Waals surface area contributed by atoms with Gasteiger partial charge in [0.05, 0.1) is 25.9 Å². The van der Waals surface area contributed by atoms with Crippen molar-refractivity contribution in [3.05, 3.63) is 64.8 Å². The lowest BCUT2D eigenvalue weighted by Gasteiger charge is -2.29. The Bertz CT molecular complexity index is 1090. The summed E-state index contributed by atoms with van der Waals surface area (Å²) in [6.07, 6.45) is 1.98. The average molecular weight is 406 g/mol. The third-order valence-electron chi connectivity index (χ3n) is 6.71. The molecule has 3 aromatic rings. The van der Waals surface area contributed by atoms with Crippen molar-refractivity contribution in [3.63, 3.8) is 0 Å². The number of benzene rings is 2. The number of aromatic amines is 1. The summed E-state index contributed by atoms with van der Waals surface area (Å²) in [4.78, 5) is 17.1. The van der Waals surface area contributed by atoms with Gasteiger partial charge in [0, 0.05) is 53.6 Å². The largest absolute Gasteiger partial charge is 0.496 e. The molecule has 2 N–H and O–H groups in total. The molecule has 2 saturated heterocycles. The third-order valence-corrected chi connectivity index (χ3v) is 6.71. The maximum Gasteiger partial charge on any atom is 0.335 e. The van der Waals surface area contributed by atoms with E-state index in [4.69, 9.17) is 9.47 Å². The molecular formula is C24H26N2O4. The molecule has 0 spiro atoms. The first-order valence-electron chi connectivity index (χ1n) is 10.4. The van der Waals surface area contributed by atoms with E-state index in [9.17, 15) is 9.90 Å². The van der Waals surface area contributed by atoms with Crippen LogP contribution in [-0.2, 0) is 11.3 Å². The molecule has 0 aliphatic carbocycles. The fraction of sp³-hybridized carbons (Fsp3) is 0.375. The van der Waals surface area contributed by atoms with Gasteiger partial charge in [-0.25, -0.2) is 4.79 Å². The molecule has 156 valence electrons. The lowest BCUT2D eigenvalue weighted by Crippen LogP contribution is -2.27. The highest BCUT2D eigenvalue weighted by Crippen LogP contribution is 2.46. The minimum Gasteiger partial charge on any atom is -0.496 e. The number of likely N-dealkylation sites (tertiary alicyclic amines) is 1. The van der Waals surface area contributed by atoms with Crippen molar-refractivity contribution in [2.75, 3.05) is 26.9 Å². The van der Waals surface area contributed by atoms with Gasteiger partial charge in [0.25, 0.3) is 0 Å². The molecule has 6 nitrogen and oxygen atoms in total. The number of carboxylic acid groups (broad SMARTS) is 1. The van der Waals surface area contributed by atoms with Crippen LogP contribution in [0.4, 0.5) is 0 Å². The molecule has 0 amide bonds. The Hall–Kier alpha value is -2.83. The van der Waals surface area contributed by atoms with E-state index < -0.39 is 5.97 Å². The van der Waals surface area contributed by atoms with Crippen molar-refractivity contribution in [2.24, 2.45) is 11.8 Å². The molecule has 0 bridgehead atoms. The lowest BCUT2D eigenvalue weighted by atomic mass is 9.89. The van der Waals surface area contributed by atoms with Gasteiger partial charge < -0.3 is 19.6 Å². The summed E-state index contributed by atoms with van der Waals surface area (Å²) in [5, 5.41) is 10.4. The number of aromatic nitrogens is 1. The fourth-order valence-electron chi connectivity index (χ4n) is 5.27. The van der Waals surface area contributed by atoms with Crippen LogP contribution in [0.1, 0.15) is 33.1 Å². The van der Waals surface area contributed by atoms with Crippen molar-refractivity contribution >= 4 is 16.9 Å². The summed E-state index contributed by atoms with van der Waals surface area (Å²) >= 11 is 0. The highest BCUT2D eigenvalue weighted by atomic mass is 16.5. The summed E-state index contributed by atoms with van der Waals surface area (Å²) in [5.41, 5.74) is 4.97. The number of rotatable bonds is 5. The molecule has 2 aliphatic rings. The number of hydrogen-bond donors (Lipinski definition) is 2. The van der Waals surface area contributed by atoms with E-state index in [0.29, 0.717) is 17.4 Å². The molecule has 2 aliphatic heterocycles. The molecule has 5 rings (SSSR count). The Balaban J connectivity index is 1.53. The predicted octanol–water partition coefficient (Wildman–Crippen LogP) is 4.00. The molecule has 2 fully saturated rings. The number of H-pyrrole nitrogens is 1. The van der Waals surface area contributed by atoms with Gasteiger partial charge in [-0.15, -0.1) is 0 Å². The van der Waals surface area contributed by atoms with Crippen LogP contribution in [0.2, 0.25) is 0 Å². The first kappa shape index (κ1) is 19.2. The van der Waals surface area contributed by atoms with Crippen molar-refractivity contribution in [1.82, 2.24) is 9.88 Å². The molecule has 3 heterocycles. The molecular weight excluding hydrogens is 380 g/mol. The normalized spacial score (nSPS) is 23.7. The zero-order valence-corrected chi connectivity index (χ0v) is 17.2. The summed E-state index contributed by atoms with van der Waals surface area (Å²) in [6, 6.07) is 11.7. The number of nitrogens with one attached hydrogen (secondary N) is 1. The molecule has 1 aromatic heterocycles. The van der Waals surface area contributed by atoms with Gasteiger partial charge in [-0.3, -0.25) is 4.90 Å². The summed E-state index contributed by atoms with van der Waals surface area (Å²) in [7, 11) is 1.73. The van der Waals surface area contributed by atoms with Crippen molar-refractivity contribution in [2.45, 2.75) is 19.5 Å². The number of hydrogen-bond acceptors (Lipinski definition) is 4. The number of aromatic carboxylic acids is 1. The van der Waals surface area contributed by atoms with Crippen LogP contribution in [0.3, 0.4) is 0 Å². The van der Waals surface area contributed by atoms with E-state index >= 15 is 0 Å². The quantitative estimate of drug-likeness (QED) is 0.670. The fourth-order valence-corrected chi connectivity index (χ4v) is 5.27. The Labute approximate surface area is 175 Å². The number of methoxy groups -OCH3 is 1. The van der Waals surface area contributed by atoms with Crippen molar-refractivity contribution < 1.29 is 19.4 Å². The van der Waals surface area contributed by atoms with E-state index in [0.717, 1.165) is 43.1 Å². The Kier molecular flexibility index (Phi) is 4.76. The minimum atomic E-state index is -0.897. The molecule has 30 heavy (non-hydrogen) atoms. The van der Waals surface area contributed by atoms with Gasteiger partial charge in [0.1, 0.15) is 5.75 Å². The standard InChI is InChI=1S/C24H26N2O4/c1-14-9-21(29-2)19(18-7-8-25-22(14)18)11-26-10-17-12-30-13-20(17)23(26)15-3-5-16(6-4-15)24(27)28/h3-9,17,20,23,25H,10-13H2,1-2H3,(H,27,28). The maximum atomic E-state index is 11.3. The smallest absolute Gasteiger partial charge is 0.335 e. The number of fused-ring (bicyclic) bond motifs is 2. The predicted molar refractivity (Wildman–Crippen MR) is 114 cm³/mol. The van der Waals surface area contributed by atoms with Crippen molar-refractivity contribution in [1.29, 1.82) is 0 Å². The summed E-state index contributed by atoms with van der Waals surface area (Å²) < 4.78 is 11.6. The average Bonchev–Trinajstić information content (AvgIpc) is 3.46.